The van der Waals surface area contributed by atoms with Crippen molar-refractivity contribution in [2.45, 2.75) is 38.5 Å². The monoisotopic (exact) mass is 301 g/mol. The number of nitrogens with two attached hydrogens (primary N) is 1. The van der Waals surface area contributed by atoms with Crippen LogP contribution in [0.5, 0.6) is 0 Å². The van der Waals surface area contributed by atoms with Crippen LogP contribution in [0.2, 0.25) is 0 Å². The summed E-state index contributed by atoms with van der Waals surface area (Å²) in [7, 11) is 0. The standard InChI is InChI=1S/C18H23NO3/c1-18(2,3)14-6-4-12(5-7-14)13(11-19)10-15-8-9-16(22-15)17(20)21/h4-9,13H,10-11,19H2,1-3H3,(H,20,21). The minimum atomic E-state index is -1.05. The summed E-state index contributed by atoms with van der Waals surface area (Å²) in [5.41, 5.74) is 8.42. The number of rotatable bonds is 5. The van der Waals surface area contributed by atoms with Gasteiger partial charge in [0.05, 0.1) is 0 Å². The van der Waals surface area contributed by atoms with Crippen molar-refractivity contribution >= 4 is 5.97 Å². The van der Waals surface area contributed by atoms with E-state index < -0.39 is 5.97 Å². The predicted octanol–water partition coefficient (Wildman–Crippen LogP) is 3.56. The number of carboxylic acid groups (broad SMARTS) is 1. The molecule has 0 aliphatic rings. The van der Waals surface area contributed by atoms with Gasteiger partial charge in [-0.25, -0.2) is 4.79 Å². The Hall–Kier alpha value is -2.07. The van der Waals surface area contributed by atoms with E-state index in [1.165, 1.54) is 11.6 Å². The van der Waals surface area contributed by atoms with Crippen LogP contribution in [0.15, 0.2) is 40.8 Å². The lowest BCUT2D eigenvalue weighted by Crippen LogP contribution is -2.16. The van der Waals surface area contributed by atoms with Gasteiger partial charge in [0.1, 0.15) is 5.76 Å². The fraction of sp³-hybridized carbons (Fsp3) is 0.389. The van der Waals surface area contributed by atoms with E-state index in [1.807, 2.05) is 0 Å². The molecule has 2 rings (SSSR count). The zero-order chi connectivity index (χ0) is 16.3. The Labute approximate surface area is 130 Å². The molecule has 0 radical (unpaired) electrons. The van der Waals surface area contributed by atoms with Gasteiger partial charge >= 0.3 is 5.97 Å². The topological polar surface area (TPSA) is 76.5 Å². The lowest BCUT2D eigenvalue weighted by molar-refractivity contribution is 0.0660. The molecule has 0 spiro atoms. The Bertz CT molecular complexity index is 635. The smallest absolute Gasteiger partial charge is 0.371 e. The van der Waals surface area contributed by atoms with Crippen molar-refractivity contribution in [2.75, 3.05) is 6.54 Å². The first-order chi connectivity index (χ1) is 10.3. The number of carbonyl (C=O) groups is 1. The maximum Gasteiger partial charge on any atom is 0.371 e. The van der Waals surface area contributed by atoms with Gasteiger partial charge in [-0.2, -0.15) is 0 Å². The van der Waals surface area contributed by atoms with Gasteiger partial charge in [0.25, 0.3) is 0 Å². The fourth-order valence-electron chi connectivity index (χ4n) is 2.44. The zero-order valence-electron chi connectivity index (χ0n) is 13.3. The zero-order valence-corrected chi connectivity index (χ0v) is 13.3. The van der Waals surface area contributed by atoms with Crippen LogP contribution in [0, 0.1) is 0 Å². The molecule has 1 aromatic carbocycles. The van der Waals surface area contributed by atoms with Gasteiger partial charge in [-0.05, 0) is 35.2 Å². The Balaban J connectivity index is 2.15. The highest BCUT2D eigenvalue weighted by Gasteiger charge is 2.17. The van der Waals surface area contributed by atoms with Crippen LogP contribution >= 0.6 is 0 Å². The molecule has 0 aliphatic carbocycles. The highest BCUT2D eigenvalue weighted by atomic mass is 16.4. The summed E-state index contributed by atoms with van der Waals surface area (Å²) >= 11 is 0. The number of benzene rings is 1. The van der Waals surface area contributed by atoms with E-state index in [4.69, 9.17) is 15.3 Å². The van der Waals surface area contributed by atoms with Crippen LogP contribution < -0.4 is 5.73 Å². The first kappa shape index (κ1) is 16.3. The lowest BCUT2D eigenvalue weighted by Gasteiger charge is -2.21. The Kier molecular flexibility index (Phi) is 4.71. The van der Waals surface area contributed by atoms with Crippen molar-refractivity contribution in [1.29, 1.82) is 0 Å². The molecular formula is C18H23NO3. The van der Waals surface area contributed by atoms with Crippen molar-refractivity contribution in [1.82, 2.24) is 0 Å². The second-order valence-electron chi connectivity index (χ2n) is 6.58. The summed E-state index contributed by atoms with van der Waals surface area (Å²) in [5.74, 6) is -0.325. The first-order valence-corrected chi connectivity index (χ1v) is 7.44. The molecule has 3 N–H and O–H groups in total. The molecule has 0 amide bonds. The van der Waals surface area contributed by atoms with Crippen molar-refractivity contribution in [3.8, 4) is 0 Å². The van der Waals surface area contributed by atoms with Gasteiger partial charge in [0, 0.05) is 12.3 Å². The van der Waals surface area contributed by atoms with Crippen molar-refractivity contribution < 1.29 is 14.3 Å². The molecule has 1 atom stereocenters. The second-order valence-corrected chi connectivity index (χ2v) is 6.58. The Morgan fingerprint density at radius 3 is 2.27 bits per heavy atom. The van der Waals surface area contributed by atoms with Gasteiger partial charge in [-0.1, -0.05) is 45.0 Å². The van der Waals surface area contributed by atoms with E-state index in [-0.39, 0.29) is 17.1 Å². The van der Waals surface area contributed by atoms with Crippen LogP contribution in [0.25, 0.3) is 0 Å². The molecule has 118 valence electrons. The molecule has 2 aromatic rings. The van der Waals surface area contributed by atoms with Gasteiger partial charge in [0.2, 0.25) is 5.76 Å². The maximum absolute atomic E-state index is 10.9. The molecule has 1 heterocycles. The number of hydrogen-bond donors (Lipinski definition) is 2. The summed E-state index contributed by atoms with van der Waals surface area (Å²) in [5, 5.41) is 8.89. The van der Waals surface area contributed by atoms with Crippen LogP contribution in [0.1, 0.15) is 54.1 Å². The van der Waals surface area contributed by atoms with Crippen LogP contribution in [0.3, 0.4) is 0 Å². The number of furan rings is 1. The highest BCUT2D eigenvalue weighted by molar-refractivity contribution is 5.84. The average Bonchev–Trinajstić information content (AvgIpc) is 2.93. The second kappa shape index (κ2) is 6.36. The van der Waals surface area contributed by atoms with Crippen molar-refractivity contribution in [3.63, 3.8) is 0 Å². The van der Waals surface area contributed by atoms with Crippen molar-refractivity contribution in [2.24, 2.45) is 5.73 Å². The number of hydrogen-bond acceptors (Lipinski definition) is 3. The van der Waals surface area contributed by atoms with Crippen LogP contribution in [0.4, 0.5) is 0 Å². The molecule has 4 heteroatoms. The highest BCUT2D eigenvalue weighted by Crippen LogP contribution is 2.26. The van der Waals surface area contributed by atoms with Gasteiger partial charge < -0.3 is 15.3 Å². The summed E-state index contributed by atoms with van der Waals surface area (Å²) in [4.78, 5) is 10.9. The molecule has 0 saturated carbocycles. The average molecular weight is 301 g/mol. The molecule has 0 aliphatic heterocycles. The largest absolute Gasteiger partial charge is 0.475 e. The third-order valence-electron chi connectivity index (χ3n) is 3.85. The third kappa shape index (κ3) is 3.77. The van der Waals surface area contributed by atoms with E-state index in [0.29, 0.717) is 18.7 Å². The van der Waals surface area contributed by atoms with Gasteiger partial charge in [0.15, 0.2) is 0 Å². The summed E-state index contributed by atoms with van der Waals surface area (Å²) < 4.78 is 5.32. The SMILES string of the molecule is CC(C)(C)c1ccc(C(CN)Cc2ccc(C(=O)O)o2)cc1. The van der Waals surface area contributed by atoms with Crippen LogP contribution in [-0.2, 0) is 11.8 Å². The lowest BCUT2D eigenvalue weighted by atomic mass is 9.85. The minimum absolute atomic E-state index is 0.0335. The fourth-order valence-corrected chi connectivity index (χ4v) is 2.44. The number of carboxylic acids is 1. The molecule has 1 unspecified atom stereocenters. The summed E-state index contributed by atoms with van der Waals surface area (Å²) in [6.45, 7) is 7.02. The van der Waals surface area contributed by atoms with E-state index in [1.54, 1.807) is 6.07 Å². The van der Waals surface area contributed by atoms with Crippen LogP contribution in [-0.4, -0.2) is 17.6 Å². The van der Waals surface area contributed by atoms with Crippen molar-refractivity contribution in [3.05, 3.63) is 59.0 Å². The normalized spacial score (nSPS) is 13.1. The molecule has 22 heavy (non-hydrogen) atoms. The maximum atomic E-state index is 10.9. The molecule has 0 bridgehead atoms. The molecular weight excluding hydrogens is 278 g/mol. The Morgan fingerprint density at radius 1 is 1.18 bits per heavy atom. The van der Waals surface area contributed by atoms with E-state index in [2.05, 4.69) is 45.0 Å². The first-order valence-electron chi connectivity index (χ1n) is 7.44. The predicted molar refractivity (Wildman–Crippen MR) is 86.3 cm³/mol. The molecule has 0 fully saturated rings. The third-order valence-corrected chi connectivity index (χ3v) is 3.85. The quantitative estimate of drug-likeness (QED) is 0.885. The molecule has 1 aromatic heterocycles. The molecule has 0 saturated heterocycles. The minimum Gasteiger partial charge on any atom is -0.475 e. The molecule has 4 nitrogen and oxygen atoms in total. The summed E-state index contributed by atoms with van der Waals surface area (Å²) in [6.07, 6.45) is 0.596. The van der Waals surface area contributed by atoms with Gasteiger partial charge in [-0.15, -0.1) is 0 Å². The summed E-state index contributed by atoms with van der Waals surface area (Å²) in [6, 6.07) is 11.6. The van der Waals surface area contributed by atoms with E-state index in [0.717, 1.165) is 5.56 Å². The Morgan fingerprint density at radius 2 is 1.82 bits per heavy atom. The van der Waals surface area contributed by atoms with E-state index >= 15 is 0 Å². The number of aromatic carboxylic acids is 1. The van der Waals surface area contributed by atoms with Gasteiger partial charge in [-0.3, -0.25) is 0 Å². The van der Waals surface area contributed by atoms with E-state index in [9.17, 15) is 4.79 Å².